The van der Waals surface area contributed by atoms with E-state index in [0.29, 0.717) is 40.8 Å². The maximum Gasteiger partial charge on any atom is 0.261 e. The Labute approximate surface area is 186 Å². The molecule has 3 aromatic rings. The summed E-state index contributed by atoms with van der Waals surface area (Å²) in [6.07, 6.45) is 3.02. The van der Waals surface area contributed by atoms with Crippen molar-refractivity contribution in [2.75, 3.05) is 18.5 Å². The second kappa shape index (κ2) is 8.23. The monoisotopic (exact) mass is 448 g/mol. The number of aromatic nitrogens is 2. The van der Waals surface area contributed by atoms with E-state index in [1.54, 1.807) is 42.5 Å². The van der Waals surface area contributed by atoms with E-state index < -0.39 is 0 Å². The Bertz CT molecular complexity index is 1230. The summed E-state index contributed by atoms with van der Waals surface area (Å²) in [6.45, 7) is 0.995. The first-order valence-electron chi connectivity index (χ1n) is 9.75. The summed E-state index contributed by atoms with van der Waals surface area (Å²) >= 11 is 1.10. The molecule has 2 aliphatic heterocycles. The van der Waals surface area contributed by atoms with Crippen LogP contribution in [0.5, 0.6) is 11.5 Å². The van der Waals surface area contributed by atoms with Gasteiger partial charge in [-0.3, -0.25) is 24.6 Å². The van der Waals surface area contributed by atoms with Crippen molar-refractivity contribution in [3.8, 4) is 11.5 Å². The molecule has 9 nitrogen and oxygen atoms in total. The average molecular weight is 448 g/mol. The van der Waals surface area contributed by atoms with E-state index in [1.807, 2.05) is 6.07 Å². The molecule has 0 aliphatic carbocycles. The van der Waals surface area contributed by atoms with Gasteiger partial charge in [-0.15, -0.1) is 10.2 Å². The Kier molecular flexibility index (Phi) is 5.12. The minimum Gasteiger partial charge on any atom is -0.486 e. The Balaban J connectivity index is 1.21. The van der Waals surface area contributed by atoms with E-state index in [9.17, 15) is 14.4 Å². The number of imide groups is 1. The highest BCUT2D eigenvalue weighted by atomic mass is 32.1. The number of fused-ring (bicyclic) bond motifs is 2. The van der Waals surface area contributed by atoms with Crippen molar-refractivity contribution in [2.45, 2.75) is 6.54 Å². The van der Waals surface area contributed by atoms with Gasteiger partial charge in [-0.1, -0.05) is 29.5 Å². The number of ether oxygens (including phenoxy) is 2. The minimum absolute atomic E-state index is 0.00702. The molecule has 0 saturated carbocycles. The van der Waals surface area contributed by atoms with E-state index in [4.69, 9.17) is 9.47 Å². The number of benzene rings is 2. The summed E-state index contributed by atoms with van der Waals surface area (Å²) in [5, 5.41) is 11.3. The molecule has 0 unspecified atom stereocenters. The van der Waals surface area contributed by atoms with Gasteiger partial charge in [0.25, 0.3) is 11.8 Å². The number of nitrogens with one attached hydrogen (secondary N) is 1. The Morgan fingerprint density at radius 3 is 2.50 bits per heavy atom. The highest BCUT2D eigenvalue weighted by molar-refractivity contribution is 7.15. The van der Waals surface area contributed by atoms with Crippen LogP contribution in [0.2, 0.25) is 0 Å². The van der Waals surface area contributed by atoms with Gasteiger partial charge in [0.2, 0.25) is 11.0 Å². The molecule has 1 aromatic heterocycles. The first kappa shape index (κ1) is 19.9. The summed E-state index contributed by atoms with van der Waals surface area (Å²) < 4.78 is 11.0. The van der Waals surface area contributed by atoms with Crippen molar-refractivity contribution in [3.63, 3.8) is 0 Å². The van der Waals surface area contributed by atoms with Gasteiger partial charge in [0.1, 0.15) is 18.2 Å². The fourth-order valence-corrected chi connectivity index (χ4v) is 4.10. The molecule has 0 spiro atoms. The van der Waals surface area contributed by atoms with Crippen LogP contribution in [0.15, 0.2) is 48.5 Å². The normalized spacial score (nSPS) is 14.7. The molecule has 32 heavy (non-hydrogen) atoms. The zero-order chi connectivity index (χ0) is 22.1. The van der Waals surface area contributed by atoms with Crippen LogP contribution < -0.4 is 14.8 Å². The van der Waals surface area contributed by atoms with Crippen LogP contribution in [-0.4, -0.2) is 46.0 Å². The van der Waals surface area contributed by atoms with Crippen LogP contribution in [0.1, 0.15) is 31.3 Å². The molecule has 160 valence electrons. The molecule has 0 saturated heterocycles. The van der Waals surface area contributed by atoms with Gasteiger partial charge in [-0.2, -0.15) is 0 Å². The lowest BCUT2D eigenvalue weighted by molar-refractivity contribution is -0.111. The van der Waals surface area contributed by atoms with Crippen LogP contribution in [0.3, 0.4) is 0 Å². The van der Waals surface area contributed by atoms with Gasteiger partial charge in [-0.05, 0) is 35.9 Å². The minimum atomic E-state index is -0.386. The third-order valence-electron chi connectivity index (χ3n) is 4.86. The molecule has 2 aliphatic rings. The van der Waals surface area contributed by atoms with E-state index in [2.05, 4.69) is 15.5 Å². The number of nitrogens with zero attached hydrogens (tertiary/aromatic N) is 3. The number of anilines is 1. The first-order chi connectivity index (χ1) is 15.6. The molecule has 0 radical (unpaired) electrons. The standard InChI is InChI=1S/C22H16N4O5S/c27-18(8-6-13-5-7-16-17(11-13)31-10-9-30-16)23-22-25-24-19(32-22)12-26-20(28)14-3-1-2-4-15(14)21(26)29/h1-8,11H,9-10,12H2,(H,23,25,27)/b8-6-. The van der Waals surface area contributed by atoms with Crippen molar-refractivity contribution in [1.82, 2.24) is 15.1 Å². The molecule has 3 amide bonds. The van der Waals surface area contributed by atoms with E-state index in [1.165, 1.54) is 6.08 Å². The number of hydrogen-bond acceptors (Lipinski definition) is 8. The molecule has 3 heterocycles. The third kappa shape index (κ3) is 3.83. The lowest BCUT2D eigenvalue weighted by atomic mass is 10.1. The fraction of sp³-hybridized carbons (Fsp3) is 0.136. The SMILES string of the molecule is O=C(/C=C\c1ccc2c(c1)OCCO2)Nc1nnc(CN2C(=O)c3ccccc3C2=O)s1. The number of carbonyl (C=O) groups excluding carboxylic acids is 3. The molecule has 5 rings (SSSR count). The largest absolute Gasteiger partial charge is 0.486 e. The van der Waals surface area contributed by atoms with Crippen LogP contribution in [0, 0.1) is 0 Å². The summed E-state index contributed by atoms with van der Waals surface area (Å²) in [6, 6.07) is 12.1. The van der Waals surface area contributed by atoms with Gasteiger partial charge in [0, 0.05) is 6.08 Å². The van der Waals surface area contributed by atoms with Crippen molar-refractivity contribution in [2.24, 2.45) is 0 Å². The summed E-state index contributed by atoms with van der Waals surface area (Å²) in [4.78, 5) is 38.3. The van der Waals surface area contributed by atoms with Crippen LogP contribution in [0.25, 0.3) is 6.08 Å². The van der Waals surface area contributed by atoms with Crippen molar-refractivity contribution in [1.29, 1.82) is 0 Å². The number of amides is 3. The van der Waals surface area contributed by atoms with Crippen LogP contribution >= 0.6 is 11.3 Å². The van der Waals surface area contributed by atoms with Gasteiger partial charge in [0.15, 0.2) is 11.5 Å². The second-order valence-corrected chi connectivity index (χ2v) is 8.03. The smallest absolute Gasteiger partial charge is 0.261 e. The first-order valence-corrected chi connectivity index (χ1v) is 10.6. The van der Waals surface area contributed by atoms with E-state index in [-0.39, 0.29) is 29.4 Å². The highest BCUT2D eigenvalue weighted by Gasteiger charge is 2.35. The third-order valence-corrected chi connectivity index (χ3v) is 5.69. The molecular formula is C22H16N4O5S. The number of hydrogen-bond donors (Lipinski definition) is 1. The highest BCUT2D eigenvalue weighted by Crippen LogP contribution is 2.31. The Morgan fingerprint density at radius 2 is 1.75 bits per heavy atom. The molecule has 10 heteroatoms. The maximum atomic E-state index is 12.5. The van der Waals surface area contributed by atoms with Gasteiger partial charge in [-0.25, -0.2) is 0 Å². The summed E-state index contributed by atoms with van der Waals surface area (Å²) in [5.41, 5.74) is 1.53. The number of rotatable bonds is 5. The molecule has 2 aromatic carbocycles. The van der Waals surface area contributed by atoms with Crippen LogP contribution in [-0.2, 0) is 11.3 Å². The fourth-order valence-electron chi connectivity index (χ4n) is 3.37. The predicted molar refractivity (Wildman–Crippen MR) is 116 cm³/mol. The molecule has 0 bridgehead atoms. The topological polar surface area (TPSA) is 111 Å². The van der Waals surface area contributed by atoms with Crippen molar-refractivity contribution >= 4 is 40.3 Å². The Hall–Kier alpha value is -4.05. The zero-order valence-corrected chi connectivity index (χ0v) is 17.4. The average Bonchev–Trinajstić information content (AvgIpc) is 3.35. The maximum absolute atomic E-state index is 12.5. The van der Waals surface area contributed by atoms with Crippen molar-refractivity contribution in [3.05, 3.63) is 70.2 Å². The zero-order valence-electron chi connectivity index (χ0n) is 16.6. The molecule has 0 fully saturated rings. The van der Waals surface area contributed by atoms with Gasteiger partial charge < -0.3 is 9.47 Å². The molecular weight excluding hydrogens is 432 g/mol. The quantitative estimate of drug-likeness (QED) is 0.472. The lowest BCUT2D eigenvalue weighted by Gasteiger charge is -2.18. The van der Waals surface area contributed by atoms with E-state index in [0.717, 1.165) is 21.8 Å². The molecule has 1 N–H and O–H groups in total. The van der Waals surface area contributed by atoms with E-state index >= 15 is 0 Å². The van der Waals surface area contributed by atoms with Gasteiger partial charge in [0.05, 0.1) is 17.7 Å². The lowest BCUT2D eigenvalue weighted by Crippen LogP contribution is -2.29. The second-order valence-electron chi connectivity index (χ2n) is 6.97. The number of carbonyl (C=O) groups is 3. The Morgan fingerprint density at radius 1 is 1.03 bits per heavy atom. The van der Waals surface area contributed by atoms with Gasteiger partial charge >= 0.3 is 0 Å². The predicted octanol–water partition coefficient (Wildman–Crippen LogP) is 2.76. The van der Waals surface area contributed by atoms with Crippen molar-refractivity contribution < 1.29 is 23.9 Å². The summed E-state index contributed by atoms with van der Waals surface area (Å²) in [7, 11) is 0. The summed E-state index contributed by atoms with van der Waals surface area (Å²) in [5.74, 6) is 0.198. The van der Waals surface area contributed by atoms with Crippen LogP contribution in [0.4, 0.5) is 5.13 Å². The molecule has 0 atom stereocenters.